The van der Waals surface area contributed by atoms with Gasteiger partial charge in [-0.05, 0) is 36.8 Å². The van der Waals surface area contributed by atoms with E-state index in [1.807, 2.05) is 37.3 Å². The standard InChI is InChI=1S/C19H21NO4/c1-13(14-6-4-3-5-7-14)20-17(19(22)23)12-18(21)15-8-10-16(24-2)11-9-15/h3-11,13,17,20H,12H2,1-2H3,(H,22,23)/t13?,17-/m0/s1. The topological polar surface area (TPSA) is 75.6 Å². The minimum absolute atomic E-state index is 0.112. The monoisotopic (exact) mass is 327 g/mol. The summed E-state index contributed by atoms with van der Waals surface area (Å²) in [5.74, 6) is -0.616. The Labute approximate surface area is 141 Å². The Bertz CT molecular complexity index is 682. The summed E-state index contributed by atoms with van der Waals surface area (Å²) < 4.78 is 5.05. The Morgan fingerprint density at radius 1 is 1.08 bits per heavy atom. The van der Waals surface area contributed by atoms with Gasteiger partial charge in [0.2, 0.25) is 0 Å². The molecular formula is C19H21NO4. The second-order valence-electron chi connectivity index (χ2n) is 5.55. The fraction of sp³-hybridized carbons (Fsp3) is 0.263. The SMILES string of the molecule is COc1ccc(C(=O)C[C@H](NC(C)c2ccccc2)C(=O)O)cc1. The van der Waals surface area contributed by atoms with Crippen LogP contribution < -0.4 is 10.1 Å². The zero-order chi connectivity index (χ0) is 17.5. The summed E-state index contributed by atoms with van der Waals surface area (Å²) in [6.07, 6.45) is -0.112. The average Bonchev–Trinajstić information content (AvgIpc) is 2.61. The lowest BCUT2D eigenvalue weighted by Gasteiger charge is -2.20. The lowest BCUT2D eigenvalue weighted by Crippen LogP contribution is -2.40. The van der Waals surface area contributed by atoms with Gasteiger partial charge in [-0.2, -0.15) is 0 Å². The highest BCUT2D eigenvalue weighted by Crippen LogP contribution is 2.16. The van der Waals surface area contributed by atoms with Crippen molar-refractivity contribution in [3.8, 4) is 5.75 Å². The van der Waals surface area contributed by atoms with Gasteiger partial charge in [-0.3, -0.25) is 14.9 Å². The smallest absolute Gasteiger partial charge is 0.321 e. The summed E-state index contributed by atoms with van der Waals surface area (Å²) in [5, 5.41) is 12.4. The summed E-state index contributed by atoms with van der Waals surface area (Å²) in [6, 6.07) is 15.1. The predicted molar refractivity (Wildman–Crippen MR) is 91.4 cm³/mol. The van der Waals surface area contributed by atoms with E-state index in [0.29, 0.717) is 11.3 Å². The molecule has 24 heavy (non-hydrogen) atoms. The molecular weight excluding hydrogens is 306 g/mol. The lowest BCUT2D eigenvalue weighted by molar-refractivity contribution is -0.139. The molecule has 0 amide bonds. The first-order chi connectivity index (χ1) is 11.5. The molecule has 0 aliphatic heterocycles. The fourth-order valence-electron chi connectivity index (χ4n) is 2.44. The van der Waals surface area contributed by atoms with E-state index in [1.165, 1.54) is 0 Å². The number of hydrogen-bond acceptors (Lipinski definition) is 4. The molecule has 0 radical (unpaired) electrons. The van der Waals surface area contributed by atoms with Gasteiger partial charge in [-0.25, -0.2) is 0 Å². The van der Waals surface area contributed by atoms with Crippen LogP contribution in [0.15, 0.2) is 54.6 Å². The largest absolute Gasteiger partial charge is 0.497 e. The number of ether oxygens (including phenoxy) is 1. The summed E-state index contributed by atoms with van der Waals surface area (Å²) in [7, 11) is 1.55. The lowest BCUT2D eigenvalue weighted by atomic mass is 10.0. The zero-order valence-corrected chi connectivity index (χ0v) is 13.7. The summed E-state index contributed by atoms with van der Waals surface area (Å²) in [4.78, 5) is 23.8. The normalized spacial score (nSPS) is 13.1. The molecule has 0 saturated carbocycles. The number of hydrogen-bond donors (Lipinski definition) is 2. The van der Waals surface area contributed by atoms with Gasteiger partial charge in [0, 0.05) is 18.0 Å². The van der Waals surface area contributed by atoms with Crippen LogP contribution in [0.4, 0.5) is 0 Å². The van der Waals surface area contributed by atoms with Gasteiger partial charge < -0.3 is 9.84 Å². The highest BCUT2D eigenvalue weighted by Gasteiger charge is 2.24. The van der Waals surface area contributed by atoms with Crippen molar-refractivity contribution in [1.29, 1.82) is 0 Å². The number of carbonyl (C=O) groups is 2. The summed E-state index contributed by atoms with van der Waals surface area (Å²) in [6.45, 7) is 1.88. The van der Waals surface area contributed by atoms with Gasteiger partial charge in [-0.15, -0.1) is 0 Å². The number of nitrogens with one attached hydrogen (secondary N) is 1. The first kappa shape index (κ1) is 17.7. The quantitative estimate of drug-likeness (QED) is 0.729. The Balaban J connectivity index is 2.04. The van der Waals surface area contributed by atoms with Gasteiger partial charge in [0.1, 0.15) is 11.8 Å². The molecule has 0 heterocycles. The summed E-state index contributed by atoms with van der Waals surface area (Å²) >= 11 is 0. The van der Waals surface area contributed by atoms with E-state index in [2.05, 4.69) is 5.32 Å². The van der Waals surface area contributed by atoms with Crippen molar-refractivity contribution < 1.29 is 19.4 Å². The highest BCUT2D eigenvalue weighted by molar-refractivity contribution is 5.98. The van der Waals surface area contributed by atoms with Crippen LogP contribution in [0, 0.1) is 0 Å². The maximum absolute atomic E-state index is 12.3. The minimum Gasteiger partial charge on any atom is -0.497 e. The van der Waals surface area contributed by atoms with E-state index < -0.39 is 12.0 Å². The van der Waals surface area contributed by atoms with Crippen LogP contribution in [0.1, 0.15) is 35.3 Å². The van der Waals surface area contributed by atoms with Crippen molar-refractivity contribution in [3.05, 3.63) is 65.7 Å². The Kier molecular flexibility index (Phi) is 6.09. The predicted octanol–water partition coefficient (Wildman–Crippen LogP) is 3.07. The number of Topliss-reactive ketones (excluding diaryl/α,β-unsaturated/α-hetero) is 1. The van der Waals surface area contributed by atoms with Crippen LogP contribution in [-0.2, 0) is 4.79 Å². The number of aliphatic carboxylic acids is 1. The molecule has 2 aromatic carbocycles. The van der Waals surface area contributed by atoms with Crippen LogP contribution in [-0.4, -0.2) is 30.0 Å². The van der Waals surface area contributed by atoms with E-state index in [1.54, 1.807) is 31.4 Å². The van der Waals surface area contributed by atoms with Crippen molar-refractivity contribution >= 4 is 11.8 Å². The van der Waals surface area contributed by atoms with Crippen molar-refractivity contribution in [2.24, 2.45) is 0 Å². The maximum Gasteiger partial charge on any atom is 0.321 e. The van der Waals surface area contributed by atoms with E-state index in [0.717, 1.165) is 5.56 Å². The van der Waals surface area contributed by atoms with E-state index in [-0.39, 0.29) is 18.2 Å². The molecule has 2 N–H and O–H groups in total. The minimum atomic E-state index is -1.04. The van der Waals surface area contributed by atoms with Gasteiger partial charge in [0.25, 0.3) is 0 Å². The number of ketones is 1. The molecule has 126 valence electrons. The first-order valence-corrected chi connectivity index (χ1v) is 7.72. The van der Waals surface area contributed by atoms with Crippen molar-refractivity contribution in [2.75, 3.05) is 7.11 Å². The number of carbonyl (C=O) groups excluding carboxylic acids is 1. The van der Waals surface area contributed by atoms with Crippen molar-refractivity contribution in [2.45, 2.75) is 25.4 Å². The van der Waals surface area contributed by atoms with Gasteiger partial charge >= 0.3 is 5.97 Å². The number of methoxy groups -OCH3 is 1. The van der Waals surface area contributed by atoms with Crippen LogP contribution >= 0.6 is 0 Å². The van der Waals surface area contributed by atoms with Gasteiger partial charge in [0.15, 0.2) is 5.78 Å². The van der Waals surface area contributed by atoms with Crippen LogP contribution in [0.25, 0.3) is 0 Å². The van der Waals surface area contributed by atoms with Crippen LogP contribution in [0.2, 0.25) is 0 Å². The number of carboxylic acid groups (broad SMARTS) is 1. The maximum atomic E-state index is 12.3. The molecule has 2 atom stereocenters. The summed E-state index contributed by atoms with van der Waals surface area (Å²) in [5.41, 5.74) is 1.44. The number of carboxylic acids is 1. The Morgan fingerprint density at radius 3 is 2.25 bits per heavy atom. The molecule has 0 aromatic heterocycles. The highest BCUT2D eigenvalue weighted by atomic mass is 16.5. The molecule has 5 nitrogen and oxygen atoms in total. The Morgan fingerprint density at radius 2 is 1.71 bits per heavy atom. The fourth-order valence-corrected chi connectivity index (χ4v) is 2.44. The van der Waals surface area contributed by atoms with Crippen LogP contribution in [0.5, 0.6) is 5.75 Å². The van der Waals surface area contributed by atoms with Crippen LogP contribution in [0.3, 0.4) is 0 Å². The molecule has 0 aliphatic carbocycles. The Hall–Kier alpha value is -2.66. The molecule has 2 aromatic rings. The van der Waals surface area contributed by atoms with E-state index >= 15 is 0 Å². The third-order valence-electron chi connectivity index (χ3n) is 3.85. The third kappa shape index (κ3) is 4.67. The number of benzene rings is 2. The molecule has 0 bridgehead atoms. The molecule has 0 aliphatic rings. The molecule has 5 heteroatoms. The third-order valence-corrected chi connectivity index (χ3v) is 3.85. The van der Waals surface area contributed by atoms with Gasteiger partial charge in [-0.1, -0.05) is 30.3 Å². The molecule has 1 unspecified atom stereocenters. The first-order valence-electron chi connectivity index (χ1n) is 7.72. The van der Waals surface area contributed by atoms with E-state index in [9.17, 15) is 14.7 Å². The molecule has 0 spiro atoms. The van der Waals surface area contributed by atoms with Crippen molar-refractivity contribution in [3.63, 3.8) is 0 Å². The second-order valence-corrected chi connectivity index (χ2v) is 5.55. The zero-order valence-electron chi connectivity index (χ0n) is 13.7. The average molecular weight is 327 g/mol. The molecule has 2 rings (SSSR count). The van der Waals surface area contributed by atoms with E-state index in [4.69, 9.17) is 4.74 Å². The van der Waals surface area contributed by atoms with Gasteiger partial charge in [0.05, 0.1) is 7.11 Å². The second kappa shape index (κ2) is 8.26. The van der Waals surface area contributed by atoms with Crippen molar-refractivity contribution in [1.82, 2.24) is 5.32 Å². The molecule has 0 fully saturated rings. The number of rotatable bonds is 8. The molecule has 0 saturated heterocycles.